The number of carbonyl (C=O) groups excluding carboxylic acids is 1. The number of aryl methyl sites for hydroxylation is 1. The Morgan fingerprint density at radius 3 is 3.04 bits per heavy atom. The summed E-state index contributed by atoms with van der Waals surface area (Å²) in [6.07, 6.45) is 6.42. The second-order valence-electron chi connectivity index (χ2n) is 6.91. The molecular formula is C18H28N6O. The maximum atomic E-state index is 12.6. The molecule has 0 spiro atoms. The molecule has 136 valence electrons. The number of anilines is 1. The van der Waals surface area contributed by atoms with E-state index in [2.05, 4.69) is 52.1 Å². The lowest BCUT2D eigenvalue weighted by Crippen LogP contribution is -2.45. The fourth-order valence-corrected chi connectivity index (χ4v) is 3.52. The monoisotopic (exact) mass is 344 g/mol. The van der Waals surface area contributed by atoms with E-state index in [0.29, 0.717) is 12.3 Å². The van der Waals surface area contributed by atoms with Crippen LogP contribution >= 0.6 is 0 Å². The molecule has 0 aliphatic carbocycles. The van der Waals surface area contributed by atoms with Gasteiger partial charge < -0.3 is 10.2 Å². The average molecular weight is 344 g/mol. The molecule has 0 aromatic carbocycles. The first-order valence-corrected chi connectivity index (χ1v) is 9.37. The number of fused-ring (bicyclic) bond motifs is 1. The van der Waals surface area contributed by atoms with Crippen molar-refractivity contribution >= 4 is 17.5 Å². The number of nitrogens with one attached hydrogen (secondary N) is 1. The molecule has 2 aromatic heterocycles. The second kappa shape index (κ2) is 7.80. The van der Waals surface area contributed by atoms with E-state index in [-0.39, 0.29) is 17.9 Å². The predicted octanol–water partition coefficient (Wildman–Crippen LogP) is 2.21. The van der Waals surface area contributed by atoms with Gasteiger partial charge in [-0.05, 0) is 32.6 Å². The highest BCUT2D eigenvalue weighted by Gasteiger charge is 2.28. The molecule has 1 N–H and O–H groups in total. The van der Waals surface area contributed by atoms with Gasteiger partial charge in [-0.3, -0.25) is 4.79 Å². The van der Waals surface area contributed by atoms with Crippen molar-refractivity contribution in [1.82, 2.24) is 24.9 Å². The molecule has 0 radical (unpaired) electrons. The molecule has 1 saturated heterocycles. The number of piperidine rings is 1. The zero-order valence-corrected chi connectivity index (χ0v) is 15.4. The van der Waals surface area contributed by atoms with E-state index < -0.39 is 0 Å². The van der Waals surface area contributed by atoms with Crippen molar-refractivity contribution in [2.24, 2.45) is 5.92 Å². The summed E-state index contributed by atoms with van der Waals surface area (Å²) in [5.74, 6) is 1.80. The van der Waals surface area contributed by atoms with Crippen LogP contribution in [0.15, 0.2) is 12.4 Å². The van der Waals surface area contributed by atoms with Crippen LogP contribution in [0.1, 0.15) is 52.1 Å². The predicted molar refractivity (Wildman–Crippen MR) is 97.6 cm³/mol. The number of rotatable bonds is 6. The molecule has 2 unspecified atom stereocenters. The van der Waals surface area contributed by atoms with Crippen molar-refractivity contribution in [3.8, 4) is 0 Å². The number of hydrogen-bond donors (Lipinski definition) is 1. The van der Waals surface area contributed by atoms with Crippen molar-refractivity contribution in [2.75, 3.05) is 18.0 Å². The second-order valence-corrected chi connectivity index (χ2v) is 6.91. The third-order valence-corrected chi connectivity index (χ3v) is 4.87. The molecule has 7 heteroatoms. The highest BCUT2D eigenvalue weighted by molar-refractivity contribution is 5.79. The lowest BCUT2D eigenvalue weighted by atomic mass is 9.96. The van der Waals surface area contributed by atoms with Crippen LogP contribution in [-0.2, 0) is 11.2 Å². The van der Waals surface area contributed by atoms with Crippen LogP contribution in [0.4, 0.5) is 5.82 Å². The quantitative estimate of drug-likeness (QED) is 0.869. The third kappa shape index (κ3) is 3.91. The zero-order chi connectivity index (χ0) is 17.8. The Kier molecular flexibility index (Phi) is 5.50. The summed E-state index contributed by atoms with van der Waals surface area (Å²) in [7, 11) is 0. The van der Waals surface area contributed by atoms with Crippen molar-refractivity contribution in [3.63, 3.8) is 0 Å². The Bertz CT molecular complexity index is 727. The molecule has 0 saturated carbocycles. The van der Waals surface area contributed by atoms with Gasteiger partial charge in [0.25, 0.3) is 5.78 Å². The Hall–Kier alpha value is -2.18. The fourth-order valence-electron chi connectivity index (χ4n) is 3.52. The first-order valence-electron chi connectivity index (χ1n) is 9.37. The number of hydrogen-bond acceptors (Lipinski definition) is 5. The number of amides is 1. The Labute approximate surface area is 148 Å². The zero-order valence-electron chi connectivity index (χ0n) is 15.4. The Morgan fingerprint density at radius 2 is 2.28 bits per heavy atom. The molecule has 7 nitrogen and oxygen atoms in total. The maximum Gasteiger partial charge on any atom is 0.254 e. The maximum absolute atomic E-state index is 12.6. The van der Waals surface area contributed by atoms with Gasteiger partial charge in [-0.1, -0.05) is 20.3 Å². The summed E-state index contributed by atoms with van der Waals surface area (Å²) in [6, 6.07) is 2.31. The highest BCUT2D eigenvalue weighted by Crippen LogP contribution is 2.24. The molecule has 1 aliphatic rings. The minimum atomic E-state index is 0.0184. The molecule has 3 heterocycles. The van der Waals surface area contributed by atoms with Gasteiger partial charge in [-0.15, -0.1) is 0 Å². The molecule has 2 aromatic rings. The number of aromatic nitrogens is 4. The van der Waals surface area contributed by atoms with Crippen LogP contribution in [0.25, 0.3) is 5.78 Å². The molecule has 1 fully saturated rings. The standard InChI is InChI=1S/C18H28N6O/c1-4-7-13(3)21-17(25)14-8-6-9-23(11-14)16-10-15(5-2)22-18-19-12-20-24(16)18/h10,12-14H,4-9,11H2,1-3H3,(H,21,25). The minimum Gasteiger partial charge on any atom is -0.356 e. The van der Waals surface area contributed by atoms with Crippen molar-refractivity contribution in [1.29, 1.82) is 0 Å². The largest absolute Gasteiger partial charge is 0.356 e. The summed E-state index contributed by atoms with van der Waals surface area (Å²) in [5, 5.41) is 7.48. The van der Waals surface area contributed by atoms with Gasteiger partial charge in [-0.2, -0.15) is 14.6 Å². The van der Waals surface area contributed by atoms with Gasteiger partial charge in [0.1, 0.15) is 12.1 Å². The van der Waals surface area contributed by atoms with Gasteiger partial charge in [0.05, 0.1) is 5.92 Å². The van der Waals surface area contributed by atoms with Crippen LogP contribution in [0.3, 0.4) is 0 Å². The van der Waals surface area contributed by atoms with Crippen LogP contribution in [0.5, 0.6) is 0 Å². The minimum absolute atomic E-state index is 0.0184. The normalized spacial score (nSPS) is 19.2. The van der Waals surface area contributed by atoms with Gasteiger partial charge in [0.15, 0.2) is 0 Å². The highest BCUT2D eigenvalue weighted by atomic mass is 16.2. The third-order valence-electron chi connectivity index (χ3n) is 4.87. The first-order chi connectivity index (χ1) is 12.1. The van der Waals surface area contributed by atoms with Gasteiger partial charge >= 0.3 is 0 Å². The van der Waals surface area contributed by atoms with E-state index >= 15 is 0 Å². The van der Waals surface area contributed by atoms with Crippen LogP contribution < -0.4 is 10.2 Å². The molecule has 25 heavy (non-hydrogen) atoms. The van der Waals surface area contributed by atoms with Gasteiger partial charge in [-0.25, -0.2) is 4.98 Å². The van der Waals surface area contributed by atoms with Gasteiger partial charge in [0, 0.05) is 30.9 Å². The Balaban J connectivity index is 1.77. The average Bonchev–Trinajstić information content (AvgIpc) is 3.09. The summed E-state index contributed by atoms with van der Waals surface area (Å²) >= 11 is 0. The van der Waals surface area contributed by atoms with E-state index in [1.807, 2.05) is 0 Å². The molecular weight excluding hydrogens is 316 g/mol. The van der Waals surface area contributed by atoms with Crippen LogP contribution in [0.2, 0.25) is 0 Å². The SMILES string of the molecule is CCCC(C)NC(=O)C1CCCN(c2cc(CC)nc3ncnn23)C1. The fraction of sp³-hybridized carbons (Fsp3) is 0.667. The lowest BCUT2D eigenvalue weighted by molar-refractivity contribution is -0.125. The summed E-state index contributed by atoms with van der Waals surface area (Å²) in [5.41, 5.74) is 0.999. The molecule has 0 bridgehead atoms. The lowest BCUT2D eigenvalue weighted by Gasteiger charge is -2.34. The molecule has 3 rings (SSSR count). The smallest absolute Gasteiger partial charge is 0.254 e. The van der Waals surface area contributed by atoms with Gasteiger partial charge in [0.2, 0.25) is 5.91 Å². The van der Waals surface area contributed by atoms with Crippen molar-refractivity contribution < 1.29 is 4.79 Å². The number of carbonyl (C=O) groups is 1. The van der Waals surface area contributed by atoms with Crippen LogP contribution in [0, 0.1) is 5.92 Å². The van der Waals surface area contributed by atoms with E-state index in [9.17, 15) is 4.79 Å². The van der Waals surface area contributed by atoms with E-state index in [1.54, 1.807) is 4.52 Å². The molecule has 1 amide bonds. The van der Waals surface area contributed by atoms with Crippen molar-refractivity contribution in [2.45, 2.75) is 58.9 Å². The molecule has 2 atom stereocenters. The van der Waals surface area contributed by atoms with Crippen molar-refractivity contribution in [3.05, 3.63) is 18.1 Å². The first kappa shape index (κ1) is 17.6. The topological polar surface area (TPSA) is 75.4 Å². The summed E-state index contributed by atoms with van der Waals surface area (Å²) in [6.45, 7) is 7.95. The van der Waals surface area contributed by atoms with E-state index in [0.717, 1.165) is 50.2 Å². The molecule has 1 aliphatic heterocycles. The summed E-state index contributed by atoms with van der Waals surface area (Å²) < 4.78 is 1.78. The van der Waals surface area contributed by atoms with Crippen LogP contribution in [-0.4, -0.2) is 44.6 Å². The Morgan fingerprint density at radius 1 is 1.44 bits per heavy atom. The van der Waals surface area contributed by atoms with E-state index in [1.165, 1.54) is 6.33 Å². The van der Waals surface area contributed by atoms with E-state index in [4.69, 9.17) is 0 Å². The number of nitrogens with zero attached hydrogens (tertiary/aromatic N) is 5. The summed E-state index contributed by atoms with van der Waals surface area (Å²) in [4.78, 5) is 23.6.